The van der Waals surface area contributed by atoms with E-state index in [1.807, 2.05) is 11.0 Å². The van der Waals surface area contributed by atoms with Gasteiger partial charge < -0.3 is 10.6 Å². The van der Waals surface area contributed by atoms with Gasteiger partial charge in [-0.3, -0.25) is 4.79 Å². The van der Waals surface area contributed by atoms with E-state index >= 15 is 0 Å². The number of pyridine rings is 1. The fourth-order valence-corrected chi connectivity index (χ4v) is 2.09. The molecule has 1 aromatic rings. The van der Waals surface area contributed by atoms with Crippen molar-refractivity contribution in [1.29, 1.82) is 0 Å². The second kappa shape index (κ2) is 5.17. The van der Waals surface area contributed by atoms with Gasteiger partial charge in [0.2, 0.25) is 5.91 Å². The van der Waals surface area contributed by atoms with Crippen molar-refractivity contribution in [2.75, 3.05) is 12.3 Å². The minimum Gasteiger partial charge on any atom is -0.384 e. The van der Waals surface area contributed by atoms with Crippen LogP contribution in [-0.2, 0) is 11.3 Å². The van der Waals surface area contributed by atoms with E-state index in [1.54, 1.807) is 12.3 Å². The van der Waals surface area contributed by atoms with Crippen molar-refractivity contribution in [3.8, 4) is 0 Å². The molecule has 0 saturated carbocycles. The lowest BCUT2D eigenvalue weighted by Gasteiger charge is -2.20. The van der Waals surface area contributed by atoms with Crippen LogP contribution in [0.25, 0.3) is 0 Å². The van der Waals surface area contributed by atoms with Crippen molar-refractivity contribution >= 4 is 11.7 Å². The Morgan fingerprint density at radius 1 is 1.47 bits per heavy atom. The van der Waals surface area contributed by atoms with E-state index in [2.05, 4.69) is 11.9 Å². The second-order valence-corrected chi connectivity index (χ2v) is 4.84. The summed E-state index contributed by atoms with van der Waals surface area (Å²) in [5.41, 5.74) is 6.58. The van der Waals surface area contributed by atoms with Crippen molar-refractivity contribution in [2.24, 2.45) is 5.92 Å². The fourth-order valence-electron chi connectivity index (χ4n) is 2.09. The predicted molar refractivity (Wildman–Crippen MR) is 67.1 cm³/mol. The molecule has 0 spiro atoms. The third-order valence-corrected chi connectivity index (χ3v) is 3.32. The van der Waals surface area contributed by atoms with Crippen LogP contribution in [0.2, 0.25) is 0 Å². The van der Waals surface area contributed by atoms with Gasteiger partial charge in [0, 0.05) is 25.7 Å². The Labute approximate surface area is 102 Å². The molecule has 1 amide bonds. The minimum atomic E-state index is 0.256. The number of likely N-dealkylation sites (tertiary alicyclic amines) is 1. The van der Waals surface area contributed by atoms with Crippen LogP contribution in [0.4, 0.5) is 5.82 Å². The Hall–Kier alpha value is -1.58. The lowest BCUT2D eigenvalue weighted by molar-refractivity contribution is -0.131. The molecule has 1 atom stereocenters. The maximum atomic E-state index is 11.9. The summed E-state index contributed by atoms with van der Waals surface area (Å²) >= 11 is 0. The zero-order valence-electron chi connectivity index (χ0n) is 10.2. The lowest BCUT2D eigenvalue weighted by atomic mass is 10.0. The number of nitrogen functional groups attached to an aromatic ring is 1. The Bertz CT molecular complexity index is 388. The molecule has 1 saturated heterocycles. The van der Waals surface area contributed by atoms with Gasteiger partial charge in [-0.25, -0.2) is 4.98 Å². The van der Waals surface area contributed by atoms with Crippen LogP contribution in [0.1, 0.15) is 31.7 Å². The second-order valence-electron chi connectivity index (χ2n) is 4.84. The van der Waals surface area contributed by atoms with E-state index in [1.165, 1.54) is 0 Å². The van der Waals surface area contributed by atoms with Gasteiger partial charge >= 0.3 is 0 Å². The van der Waals surface area contributed by atoms with Crippen LogP contribution < -0.4 is 5.73 Å². The number of hydrogen-bond acceptors (Lipinski definition) is 3. The zero-order chi connectivity index (χ0) is 12.3. The quantitative estimate of drug-likeness (QED) is 0.847. The lowest BCUT2D eigenvalue weighted by Crippen LogP contribution is -2.29. The molecule has 0 aromatic carbocycles. The monoisotopic (exact) mass is 233 g/mol. The minimum absolute atomic E-state index is 0.256. The Balaban J connectivity index is 2.01. The number of carbonyl (C=O) groups excluding carboxylic acids is 1. The number of carbonyl (C=O) groups is 1. The number of hydrogen-bond donors (Lipinski definition) is 1. The summed E-state index contributed by atoms with van der Waals surface area (Å²) < 4.78 is 0. The first-order valence-corrected chi connectivity index (χ1v) is 6.13. The first-order valence-electron chi connectivity index (χ1n) is 6.13. The molecule has 2 N–H and O–H groups in total. The standard InChI is InChI=1S/C13H19N3O/c1-10-2-5-13(17)16(7-6-10)9-11-3-4-12(14)15-8-11/h3-4,8,10H,2,5-7,9H2,1H3,(H2,14,15). The van der Waals surface area contributed by atoms with E-state index in [9.17, 15) is 4.79 Å². The van der Waals surface area contributed by atoms with Crippen LogP contribution in [-0.4, -0.2) is 22.3 Å². The van der Waals surface area contributed by atoms with E-state index in [4.69, 9.17) is 5.73 Å². The highest BCUT2D eigenvalue weighted by Crippen LogP contribution is 2.19. The van der Waals surface area contributed by atoms with Crippen LogP contribution in [0.3, 0.4) is 0 Å². The third-order valence-electron chi connectivity index (χ3n) is 3.32. The van der Waals surface area contributed by atoms with Crippen molar-refractivity contribution in [2.45, 2.75) is 32.7 Å². The first-order chi connectivity index (χ1) is 8.15. The Morgan fingerprint density at radius 2 is 2.29 bits per heavy atom. The van der Waals surface area contributed by atoms with Gasteiger partial charge in [0.15, 0.2) is 0 Å². The third kappa shape index (κ3) is 3.19. The fraction of sp³-hybridized carbons (Fsp3) is 0.538. The molecule has 4 nitrogen and oxygen atoms in total. The van der Waals surface area contributed by atoms with E-state index < -0.39 is 0 Å². The summed E-state index contributed by atoms with van der Waals surface area (Å²) in [6.07, 6.45) is 4.52. The number of anilines is 1. The molecule has 0 radical (unpaired) electrons. The van der Waals surface area contributed by atoms with Crippen molar-refractivity contribution in [1.82, 2.24) is 9.88 Å². The number of rotatable bonds is 2. The van der Waals surface area contributed by atoms with Crippen LogP contribution in [0.15, 0.2) is 18.3 Å². The molecule has 17 heavy (non-hydrogen) atoms. The topological polar surface area (TPSA) is 59.2 Å². The molecule has 1 aromatic heterocycles. The molecular formula is C13H19N3O. The van der Waals surface area contributed by atoms with Gasteiger partial charge in [-0.1, -0.05) is 13.0 Å². The summed E-state index contributed by atoms with van der Waals surface area (Å²) in [6.45, 7) is 3.71. The molecule has 2 rings (SSSR count). The highest BCUT2D eigenvalue weighted by Gasteiger charge is 2.20. The molecule has 4 heteroatoms. The normalized spacial score (nSPS) is 21.4. The van der Waals surface area contributed by atoms with Crippen LogP contribution >= 0.6 is 0 Å². The van der Waals surface area contributed by atoms with Gasteiger partial charge in [-0.2, -0.15) is 0 Å². The smallest absolute Gasteiger partial charge is 0.222 e. The summed E-state index contributed by atoms with van der Waals surface area (Å²) in [5.74, 6) is 1.42. The average Bonchev–Trinajstić information content (AvgIpc) is 2.47. The van der Waals surface area contributed by atoms with Crippen LogP contribution in [0, 0.1) is 5.92 Å². The Kier molecular flexibility index (Phi) is 3.61. The zero-order valence-corrected chi connectivity index (χ0v) is 10.2. The molecule has 1 aliphatic heterocycles. The van der Waals surface area contributed by atoms with Gasteiger partial charge in [0.1, 0.15) is 5.82 Å². The first kappa shape index (κ1) is 11.9. The van der Waals surface area contributed by atoms with E-state index in [-0.39, 0.29) is 5.91 Å². The number of amides is 1. The summed E-state index contributed by atoms with van der Waals surface area (Å²) in [5, 5.41) is 0. The van der Waals surface area contributed by atoms with Crippen molar-refractivity contribution < 1.29 is 4.79 Å². The Morgan fingerprint density at radius 3 is 3.00 bits per heavy atom. The maximum Gasteiger partial charge on any atom is 0.222 e. The maximum absolute atomic E-state index is 11.9. The molecule has 0 bridgehead atoms. The molecule has 1 unspecified atom stereocenters. The molecule has 1 fully saturated rings. The van der Waals surface area contributed by atoms with Gasteiger partial charge in [-0.05, 0) is 30.4 Å². The van der Waals surface area contributed by atoms with Crippen LogP contribution in [0.5, 0.6) is 0 Å². The molecule has 2 heterocycles. The summed E-state index contributed by atoms with van der Waals surface area (Å²) in [7, 11) is 0. The SMILES string of the molecule is CC1CCC(=O)N(Cc2ccc(N)nc2)CC1. The van der Waals surface area contributed by atoms with E-state index in [0.29, 0.717) is 24.7 Å². The molecule has 92 valence electrons. The molecular weight excluding hydrogens is 214 g/mol. The van der Waals surface area contributed by atoms with Crippen molar-refractivity contribution in [3.05, 3.63) is 23.9 Å². The van der Waals surface area contributed by atoms with Gasteiger partial charge in [-0.15, -0.1) is 0 Å². The number of aromatic nitrogens is 1. The average molecular weight is 233 g/mol. The molecule has 0 aliphatic carbocycles. The highest BCUT2D eigenvalue weighted by atomic mass is 16.2. The van der Waals surface area contributed by atoms with Gasteiger partial charge in [0.05, 0.1) is 0 Å². The summed E-state index contributed by atoms with van der Waals surface area (Å²) in [6, 6.07) is 3.71. The highest BCUT2D eigenvalue weighted by molar-refractivity contribution is 5.76. The van der Waals surface area contributed by atoms with Crippen molar-refractivity contribution in [3.63, 3.8) is 0 Å². The van der Waals surface area contributed by atoms with E-state index in [0.717, 1.165) is 24.9 Å². The summed E-state index contributed by atoms with van der Waals surface area (Å²) in [4.78, 5) is 17.9. The molecule has 1 aliphatic rings. The number of nitrogens with zero attached hydrogens (tertiary/aromatic N) is 2. The largest absolute Gasteiger partial charge is 0.384 e. The van der Waals surface area contributed by atoms with Gasteiger partial charge in [0.25, 0.3) is 0 Å². The predicted octanol–water partition coefficient (Wildman–Crippen LogP) is 1.81. The number of nitrogens with two attached hydrogens (primary N) is 1.